The van der Waals surface area contributed by atoms with Gasteiger partial charge in [0.2, 0.25) is 15.9 Å². The van der Waals surface area contributed by atoms with Crippen molar-refractivity contribution >= 4 is 10.0 Å². The van der Waals surface area contributed by atoms with Crippen molar-refractivity contribution in [3.63, 3.8) is 0 Å². The Bertz CT molecular complexity index is 821. The zero-order valence-electron chi connectivity index (χ0n) is 13.3. The van der Waals surface area contributed by atoms with Gasteiger partial charge >= 0.3 is 0 Å². The molecule has 0 aliphatic carbocycles. The Balaban J connectivity index is 1.50. The van der Waals surface area contributed by atoms with E-state index < -0.39 is 10.0 Å². The molecule has 3 atom stereocenters. The predicted molar refractivity (Wildman–Crippen MR) is 84.7 cm³/mol. The molecule has 4 rings (SSSR count). The van der Waals surface area contributed by atoms with Crippen LogP contribution in [0.5, 0.6) is 0 Å². The molecule has 0 N–H and O–H groups in total. The molecule has 3 heterocycles. The van der Waals surface area contributed by atoms with Crippen LogP contribution in [0.25, 0.3) is 0 Å². The first-order valence-electron chi connectivity index (χ1n) is 8.00. The summed E-state index contributed by atoms with van der Waals surface area (Å²) in [6.45, 7) is 3.27. The molecule has 7 nitrogen and oxygen atoms in total. The smallest absolute Gasteiger partial charge is 0.243 e. The van der Waals surface area contributed by atoms with Crippen molar-refractivity contribution in [3.05, 3.63) is 42.0 Å². The molecule has 24 heavy (non-hydrogen) atoms. The Labute approximate surface area is 140 Å². The quantitative estimate of drug-likeness (QED) is 0.826. The molecule has 0 amide bonds. The fraction of sp³-hybridized carbons (Fsp3) is 0.500. The molecule has 2 aliphatic rings. The Hall–Kier alpha value is -1.77. The van der Waals surface area contributed by atoms with E-state index in [-0.39, 0.29) is 17.9 Å². The monoisotopic (exact) mass is 349 g/mol. The van der Waals surface area contributed by atoms with Crippen molar-refractivity contribution in [2.45, 2.75) is 24.3 Å². The standard InChI is InChI=1S/C16H19N3O4S/c1-11-17-16(23-18-11)7-12-10-22-15-9-19(8-14(12)15)24(20,21)13-5-3-2-4-6-13/h2-6,12,14-15H,7-10H2,1H3/t12-,14+,15+/m0/s1. The van der Waals surface area contributed by atoms with Crippen LogP contribution in [-0.2, 0) is 21.2 Å². The zero-order valence-corrected chi connectivity index (χ0v) is 14.1. The molecule has 2 aliphatic heterocycles. The molecule has 0 bridgehead atoms. The van der Waals surface area contributed by atoms with Crippen molar-refractivity contribution < 1.29 is 17.7 Å². The number of hydrogen-bond acceptors (Lipinski definition) is 6. The second-order valence-corrected chi connectivity index (χ2v) is 8.31. The lowest BCUT2D eigenvalue weighted by molar-refractivity contribution is 0.103. The Kier molecular flexibility index (Phi) is 3.90. The summed E-state index contributed by atoms with van der Waals surface area (Å²) in [5, 5.41) is 3.80. The summed E-state index contributed by atoms with van der Waals surface area (Å²) in [6.07, 6.45) is 0.568. The minimum Gasteiger partial charge on any atom is -0.376 e. The number of rotatable bonds is 4. The topological polar surface area (TPSA) is 85.5 Å². The van der Waals surface area contributed by atoms with Crippen molar-refractivity contribution in [3.8, 4) is 0 Å². The number of fused-ring (bicyclic) bond motifs is 1. The molecule has 0 spiro atoms. The average Bonchev–Trinajstić information content (AvgIpc) is 3.26. The minimum absolute atomic E-state index is 0.0579. The first-order chi connectivity index (χ1) is 11.5. The van der Waals surface area contributed by atoms with Crippen molar-refractivity contribution in [2.75, 3.05) is 19.7 Å². The van der Waals surface area contributed by atoms with E-state index in [1.807, 2.05) is 6.07 Å². The van der Waals surface area contributed by atoms with Crippen LogP contribution < -0.4 is 0 Å². The van der Waals surface area contributed by atoms with Gasteiger partial charge in [0.1, 0.15) is 0 Å². The molecule has 1 aromatic heterocycles. The zero-order chi connectivity index (χ0) is 16.7. The Morgan fingerprint density at radius 2 is 2.04 bits per heavy atom. The van der Waals surface area contributed by atoms with E-state index in [0.29, 0.717) is 42.7 Å². The van der Waals surface area contributed by atoms with Crippen LogP contribution in [0.2, 0.25) is 0 Å². The van der Waals surface area contributed by atoms with Gasteiger partial charge in [-0.15, -0.1) is 0 Å². The molecule has 0 saturated carbocycles. The largest absolute Gasteiger partial charge is 0.376 e. The predicted octanol–water partition coefficient (Wildman–Crippen LogP) is 1.26. The summed E-state index contributed by atoms with van der Waals surface area (Å²) in [5.41, 5.74) is 0. The van der Waals surface area contributed by atoms with Crippen LogP contribution in [0.15, 0.2) is 39.8 Å². The number of ether oxygens (including phenoxy) is 1. The van der Waals surface area contributed by atoms with Crippen molar-refractivity contribution in [2.24, 2.45) is 11.8 Å². The van der Waals surface area contributed by atoms with Gasteiger partial charge in [-0.25, -0.2) is 8.42 Å². The molecule has 1 aromatic carbocycles. The molecule has 0 unspecified atom stereocenters. The molecular formula is C16H19N3O4S. The lowest BCUT2D eigenvalue weighted by atomic mass is 9.90. The first-order valence-corrected chi connectivity index (χ1v) is 9.44. The maximum Gasteiger partial charge on any atom is 0.243 e. The van der Waals surface area contributed by atoms with Crippen LogP contribution in [-0.4, -0.2) is 48.7 Å². The maximum atomic E-state index is 12.8. The molecule has 8 heteroatoms. The summed E-state index contributed by atoms with van der Waals surface area (Å²) >= 11 is 0. The minimum atomic E-state index is -3.47. The number of nitrogens with zero attached hydrogens (tertiary/aromatic N) is 3. The van der Waals surface area contributed by atoms with Gasteiger partial charge in [-0.2, -0.15) is 9.29 Å². The van der Waals surface area contributed by atoms with E-state index in [1.54, 1.807) is 31.2 Å². The van der Waals surface area contributed by atoms with Crippen molar-refractivity contribution in [1.29, 1.82) is 0 Å². The van der Waals surface area contributed by atoms with E-state index in [2.05, 4.69) is 10.1 Å². The van der Waals surface area contributed by atoms with Gasteiger partial charge in [-0.05, 0) is 25.0 Å². The third-order valence-corrected chi connectivity index (χ3v) is 6.64. The molecule has 2 aromatic rings. The third-order valence-electron chi connectivity index (χ3n) is 4.79. The van der Waals surface area contributed by atoms with Gasteiger partial charge in [-0.3, -0.25) is 0 Å². The van der Waals surface area contributed by atoms with E-state index in [9.17, 15) is 8.42 Å². The van der Waals surface area contributed by atoms with Gasteiger partial charge in [-0.1, -0.05) is 23.4 Å². The average molecular weight is 349 g/mol. The SMILES string of the molecule is Cc1noc(C[C@H]2CO[C@@H]3CN(S(=O)(=O)c4ccccc4)C[C@H]23)n1. The van der Waals surface area contributed by atoms with E-state index >= 15 is 0 Å². The van der Waals surface area contributed by atoms with Crippen LogP contribution >= 0.6 is 0 Å². The summed E-state index contributed by atoms with van der Waals surface area (Å²) in [4.78, 5) is 4.57. The van der Waals surface area contributed by atoms with Gasteiger partial charge < -0.3 is 9.26 Å². The Morgan fingerprint density at radius 1 is 1.25 bits per heavy atom. The summed E-state index contributed by atoms with van der Waals surface area (Å²) in [6, 6.07) is 8.54. The highest BCUT2D eigenvalue weighted by Gasteiger charge is 2.47. The van der Waals surface area contributed by atoms with Crippen LogP contribution in [0.3, 0.4) is 0 Å². The molecule has 128 valence electrons. The van der Waals surface area contributed by atoms with Crippen LogP contribution in [0, 0.1) is 18.8 Å². The number of aromatic nitrogens is 2. The molecule has 2 saturated heterocycles. The maximum absolute atomic E-state index is 12.8. The molecular weight excluding hydrogens is 330 g/mol. The number of aryl methyl sites for hydroxylation is 1. The summed E-state index contributed by atoms with van der Waals surface area (Å²) in [5.74, 6) is 1.56. The highest BCUT2D eigenvalue weighted by atomic mass is 32.2. The normalized spacial score (nSPS) is 27.5. The second kappa shape index (κ2) is 5.94. The second-order valence-electron chi connectivity index (χ2n) is 6.37. The van der Waals surface area contributed by atoms with Gasteiger partial charge in [0.25, 0.3) is 0 Å². The van der Waals surface area contributed by atoms with Crippen molar-refractivity contribution in [1.82, 2.24) is 14.4 Å². The first kappa shape index (κ1) is 15.7. The van der Waals surface area contributed by atoms with Gasteiger partial charge in [0.05, 0.1) is 17.6 Å². The number of hydrogen-bond donors (Lipinski definition) is 0. The van der Waals surface area contributed by atoms with E-state index in [1.165, 1.54) is 4.31 Å². The van der Waals surface area contributed by atoms with Crippen LogP contribution in [0.4, 0.5) is 0 Å². The Morgan fingerprint density at radius 3 is 2.75 bits per heavy atom. The highest BCUT2D eigenvalue weighted by molar-refractivity contribution is 7.89. The summed E-state index contributed by atoms with van der Waals surface area (Å²) in [7, 11) is -3.47. The lowest BCUT2D eigenvalue weighted by Gasteiger charge is -2.19. The van der Waals surface area contributed by atoms with Gasteiger partial charge in [0, 0.05) is 25.4 Å². The number of benzene rings is 1. The van der Waals surface area contributed by atoms with E-state index in [4.69, 9.17) is 9.26 Å². The van der Waals surface area contributed by atoms with E-state index in [0.717, 1.165) is 0 Å². The molecule has 0 radical (unpaired) electrons. The number of sulfonamides is 1. The summed E-state index contributed by atoms with van der Waals surface area (Å²) < 4.78 is 38.1. The fourth-order valence-corrected chi connectivity index (χ4v) is 5.07. The molecule has 2 fully saturated rings. The lowest BCUT2D eigenvalue weighted by Crippen LogP contribution is -2.31. The highest BCUT2D eigenvalue weighted by Crippen LogP contribution is 2.37. The van der Waals surface area contributed by atoms with Gasteiger partial charge in [0.15, 0.2) is 5.82 Å². The van der Waals surface area contributed by atoms with Crippen LogP contribution in [0.1, 0.15) is 11.7 Å². The third kappa shape index (κ3) is 2.74. The fourth-order valence-electron chi connectivity index (χ4n) is 3.56.